The van der Waals surface area contributed by atoms with Crippen LogP contribution in [0, 0.1) is 0 Å². The van der Waals surface area contributed by atoms with Crippen LogP contribution in [0.3, 0.4) is 0 Å². The van der Waals surface area contributed by atoms with E-state index in [-0.39, 0.29) is 11.4 Å². The first-order chi connectivity index (χ1) is 7.35. The molecule has 0 heterocycles. The summed E-state index contributed by atoms with van der Waals surface area (Å²) in [5.41, 5.74) is 6.69. The molecule has 0 radical (unpaired) electrons. The van der Waals surface area contributed by atoms with Crippen molar-refractivity contribution in [3.05, 3.63) is 28.2 Å². The van der Waals surface area contributed by atoms with Crippen LogP contribution in [-0.2, 0) is 0 Å². The second-order valence-electron chi connectivity index (χ2n) is 4.43. The van der Waals surface area contributed by atoms with Crippen LogP contribution in [0.1, 0.15) is 37.6 Å². The molecule has 0 bridgehead atoms. The minimum absolute atomic E-state index is 0.0916. The molecule has 0 aliphatic carbocycles. The van der Waals surface area contributed by atoms with Crippen molar-refractivity contribution in [2.75, 3.05) is 5.73 Å². The lowest BCUT2D eigenvalue weighted by Crippen LogP contribution is -2.42. The summed E-state index contributed by atoms with van der Waals surface area (Å²) in [4.78, 5) is 11.9. The van der Waals surface area contributed by atoms with Crippen molar-refractivity contribution < 1.29 is 4.79 Å². The molecule has 1 amide bonds. The number of hydrogen-bond acceptors (Lipinski definition) is 2. The fraction of sp³-hybridized carbons (Fsp3) is 0.417. The molecular weight excluding hydrogens is 268 g/mol. The van der Waals surface area contributed by atoms with Gasteiger partial charge in [-0.25, -0.2) is 0 Å². The quantitative estimate of drug-likeness (QED) is 0.839. The average Bonchev–Trinajstić information content (AvgIpc) is 2.21. The lowest BCUT2D eigenvalue weighted by Gasteiger charge is -2.24. The number of nitrogens with two attached hydrogens (primary N) is 1. The average molecular weight is 285 g/mol. The molecule has 3 nitrogen and oxygen atoms in total. The van der Waals surface area contributed by atoms with E-state index in [0.29, 0.717) is 11.3 Å². The normalized spacial score (nSPS) is 11.2. The number of anilines is 1. The van der Waals surface area contributed by atoms with Crippen molar-refractivity contribution in [1.82, 2.24) is 5.32 Å². The second kappa shape index (κ2) is 4.87. The Balaban J connectivity index is 2.85. The van der Waals surface area contributed by atoms with Crippen LogP contribution in [0.2, 0.25) is 0 Å². The summed E-state index contributed by atoms with van der Waals surface area (Å²) < 4.78 is 0.804. The number of carbonyl (C=O) groups excluding carboxylic acids is 1. The number of halogens is 1. The molecule has 1 aromatic carbocycles. The van der Waals surface area contributed by atoms with Crippen molar-refractivity contribution in [1.29, 1.82) is 0 Å². The summed E-state index contributed by atoms with van der Waals surface area (Å²) in [5, 5.41) is 2.96. The predicted octanol–water partition coefficient (Wildman–Crippen LogP) is 2.95. The Bertz CT molecular complexity index is 402. The summed E-state index contributed by atoms with van der Waals surface area (Å²) in [6.07, 6.45) is 0.880. The third-order valence-electron chi connectivity index (χ3n) is 2.59. The molecule has 0 fully saturated rings. The SMILES string of the molecule is CCC(C)(C)NC(=O)c1ccc(Br)c(N)c1. The van der Waals surface area contributed by atoms with Crippen LogP contribution < -0.4 is 11.1 Å². The minimum Gasteiger partial charge on any atom is -0.398 e. The molecule has 1 aromatic rings. The van der Waals surface area contributed by atoms with Crippen LogP contribution in [0.4, 0.5) is 5.69 Å². The van der Waals surface area contributed by atoms with E-state index in [4.69, 9.17) is 5.73 Å². The molecule has 88 valence electrons. The fourth-order valence-electron chi connectivity index (χ4n) is 1.15. The topological polar surface area (TPSA) is 55.1 Å². The number of hydrogen-bond donors (Lipinski definition) is 2. The van der Waals surface area contributed by atoms with E-state index in [1.807, 2.05) is 20.8 Å². The number of amides is 1. The molecule has 3 N–H and O–H groups in total. The lowest BCUT2D eigenvalue weighted by molar-refractivity contribution is 0.0911. The Kier molecular flexibility index (Phi) is 3.97. The molecule has 0 unspecified atom stereocenters. The molecule has 0 aliphatic heterocycles. The van der Waals surface area contributed by atoms with Gasteiger partial charge < -0.3 is 11.1 Å². The highest BCUT2D eigenvalue weighted by molar-refractivity contribution is 9.10. The molecule has 16 heavy (non-hydrogen) atoms. The second-order valence-corrected chi connectivity index (χ2v) is 5.28. The first-order valence-corrected chi connectivity index (χ1v) is 6.02. The Morgan fingerprint density at radius 2 is 2.12 bits per heavy atom. The standard InChI is InChI=1S/C12H17BrN2O/c1-4-12(2,3)15-11(16)8-5-6-9(13)10(14)7-8/h5-7H,4,14H2,1-3H3,(H,15,16). The van der Waals surface area contributed by atoms with Crippen molar-refractivity contribution in [3.8, 4) is 0 Å². The van der Waals surface area contributed by atoms with Gasteiger partial charge in [-0.05, 0) is 54.4 Å². The van der Waals surface area contributed by atoms with Crippen LogP contribution in [0.25, 0.3) is 0 Å². The summed E-state index contributed by atoms with van der Waals surface area (Å²) in [7, 11) is 0. The number of nitrogens with one attached hydrogen (secondary N) is 1. The van der Waals surface area contributed by atoms with E-state index in [0.717, 1.165) is 10.9 Å². The monoisotopic (exact) mass is 284 g/mol. The van der Waals surface area contributed by atoms with Gasteiger partial charge in [0.15, 0.2) is 0 Å². The van der Waals surface area contributed by atoms with E-state index in [1.165, 1.54) is 0 Å². The molecule has 0 atom stereocenters. The van der Waals surface area contributed by atoms with E-state index < -0.39 is 0 Å². The summed E-state index contributed by atoms with van der Waals surface area (Å²) in [6.45, 7) is 6.02. The van der Waals surface area contributed by atoms with Gasteiger partial charge in [0.25, 0.3) is 5.91 Å². The summed E-state index contributed by atoms with van der Waals surface area (Å²) in [5.74, 6) is -0.0916. The van der Waals surface area contributed by atoms with Gasteiger partial charge in [-0.3, -0.25) is 4.79 Å². The van der Waals surface area contributed by atoms with E-state index >= 15 is 0 Å². The van der Waals surface area contributed by atoms with E-state index in [9.17, 15) is 4.79 Å². The van der Waals surface area contributed by atoms with E-state index in [1.54, 1.807) is 18.2 Å². The van der Waals surface area contributed by atoms with Crippen LogP contribution in [0.5, 0.6) is 0 Å². The highest BCUT2D eigenvalue weighted by Crippen LogP contribution is 2.20. The first kappa shape index (κ1) is 13.0. The summed E-state index contributed by atoms with van der Waals surface area (Å²) in [6, 6.07) is 5.20. The number of benzene rings is 1. The molecule has 0 saturated carbocycles. The Morgan fingerprint density at radius 1 is 1.50 bits per heavy atom. The third kappa shape index (κ3) is 3.23. The van der Waals surface area contributed by atoms with Gasteiger partial charge in [0.05, 0.1) is 0 Å². The maximum atomic E-state index is 11.9. The van der Waals surface area contributed by atoms with Crippen LogP contribution in [0.15, 0.2) is 22.7 Å². The first-order valence-electron chi connectivity index (χ1n) is 5.23. The van der Waals surface area contributed by atoms with Crippen LogP contribution in [-0.4, -0.2) is 11.4 Å². The summed E-state index contributed by atoms with van der Waals surface area (Å²) >= 11 is 3.30. The van der Waals surface area contributed by atoms with Gasteiger partial charge in [0, 0.05) is 21.3 Å². The Labute approximate surface area is 105 Å². The minimum atomic E-state index is -0.196. The Morgan fingerprint density at radius 3 is 2.62 bits per heavy atom. The van der Waals surface area contributed by atoms with Gasteiger partial charge in [0.1, 0.15) is 0 Å². The van der Waals surface area contributed by atoms with Gasteiger partial charge in [-0.1, -0.05) is 6.92 Å². The zero-order valence-electron chi connectivity index (χ0n) is 9.80. The molecule has 0 aromatic heterocycles. The predicted molar refractivity (Wildman–Crippen MR) is 70.4 cm³/mol. The molecule has 0 aliphatic rings. The molecular formula is C12H17BrN2O. The van der Waals surface area contributed by atoms with Crippen molar-refractivity contribution >= 4 is 27.5 Å². The van der Waals surface area contributed by atoms with Gasteiger partial charge in [-0.15, -0.1) is 0 Å². The maximum absolute atomic E-state index is 11.9. The van der Waals surface area contributed by atoms with Crippen molar-refractivity contribution in [2.24, 2.45) is 0 Å². The molecule has 0 spiro atoms. The van der Waals surface area contributed by atoms with Gasteiger partial charge in [0.2, 0.25) is 0 Å². The van der Waals surface area contributed by atoms with Gasteiger partial charge >= 0.3 is 0 Å². The van der Waals surface area contributed by atoms with E-state index in [2.05, 4.69) is 21.2 Å². The van der Waals surface area contributed by atoms with Gasteiger partial charge in [-0.2, -0.15) is 0 Å². The highest BCUT2D eigenvalue weighted by atomic mass is 79.9. The maximum Gasteiger partial charge on any atom is 0.251 e. The number of carbonyl (C=O) groups is 1. The fourth-order valence-corrected chi connectivity index (χ4v) is 1.40. The zero-order chi connectivity index (χ0) is 12.3. The smallest absolute Gasteiger partial charge is 0.251 e. The molecule has 1 rings (SSSR count). The van der Waals surface area contributed by atoms with Crippen molar-refractivity contribution in [3.63, 3.8) is 0 Å². The molecule has 0 saturated heterocycles. The molecule has 4 heteroatoms. The number of nitrogen functional groups attached to an aromatic ring is 1. The highest BCUT2D eigenvalue weighted by Gasteiger charge is 2.18. The van der Waals surface area contributed by atoms with Crippen molar-refractivity contribution in [2.45, 2.75) is 32.7 Å². The largest absolute Gasteiger partial charge is 0.398 e. The van der Waals surface area contributed by atoms with Crippen LogP contribution >= 0.6 is 15.9 Å². The lowest BCUT2D eigenvalue weighted by atomic mass is 10.0. The zero-order valence-corrected chi connectivity index (χ0v) is 11.4. The Hall–Kier alpha value is -1.03. The number of rotatable bonds is 3. The third-order valence-corrected chi connectivity index (χ3v) is 3.32.